The van der Waals surface area contributed by atoms with E-state index >= 15 is 0 Å². The first kappa shape index (κ1) is 26.2. The van der Waals surface area contributed by atoms with Crippen LogP contribution in [0.4, 0.5) is 4.79 Å². The number of nitrogens with one attached hydrogen (secondary N) is 2. The first-order chi connectivity index (χ1) is 17.4. The Morgan fingerprint density at radius 2 is 1.64 bits per heavy atom. The molecule has 0 aliphatic carbocycles. The van der Waals surface area contributed by atoms with E-state index in [9.17, 15) is 14.4 Å². The Labute approximate surface area is 213 Å². The Morgan fingerprint density at radius 3 is 2.25 bits per heavy atom. The van der Waals surface area contributed by atoms with Crippen LogP contribution in [-0.4, -0.2) is 109 Å². The van der Waals surface area contributed by atoms with Gasteiger partial charge in [0, 0.05) is 56.6 Å². The number of carbonyl (C=O) groups is 2. The molecule has 196 valence electrons. The smallest absolute Gasteiger partial charge is 0.317 e. The zero-order valence-corrected chi connectivity index (χ0v) is 21.5. The summed E-state index contributed by atoms with van der Waals surface area (Å²) in [5, 5.41) is 2.81. The molecule has 0 saturated carbocycles. The molecule has 0 bridgehead atoms. The average molecular weight is 497 g/mol. The molecule has 0 unspecified atom stereocenters. The maximum Gasteiger partial charge on any atom is 0.317 e. The lowest BCUT2D eigenvalue weighted by Crippen LogP contribution is -2.55. The van der Waals surface area contributed by atoms with Crippen LogP contribution in [0.25, 0.3) is 12.2 Å². The van der Waals surface area contributed by atoms with Crippen LogP contribution in [0.5, 0.6) is 0 Å². The van der Waals surface area contributed by atoms with E-state index in [2.05, 4.69) is 40.3 Å². The van der Waals surface area contributed by atoms with Crippen molar-refractivity contribution in [3.05, 3.63) is 46.4 Å². The van der Waals surface area contributed by atoms with Gasteiger partial charge in [0.2, 0.25) is 5.91 Å². The highest BCUT2D eigenvalue weighted by molar-refractivity contribution is 5.84. The molecule has 36 heavy (non-hydrogen) atoms. The molecular formula is C27H40N6O3. The summed E-state index contributed by atoms with van der Waals surface area (Å²) in [6, 6.07) is 2.29. The third-order valence-electron chi connectivity index (χ3n) is 8.04. The second-order valence-electron chi connectivity index (χ2n) is 10.2. The zero-order chi connectivity index (χ0) is 25.7. The second-order valence-corrected chi connectivity index (χ2v) is 10.2. The molecule has 0 aromatic carbocycles. The first-order valence-corrected chi connectivity index (χ1v) is 13.1. The number of hydrogen-bond donors (Lipinski definition) is 2. The van der Waals surface area contributed by atoms with Gasteiger partial charge in [0.05, 0.1) is 6.54 Å². The van der Waals surface area contributed by atoms with E-state index in [0.717, 1.165) is 50.4 Å². The number of rotatable bonds is 6. The van der Waals surface area contributed by atoms with E-state index in [1.165, 1.54) is 12.8 Å². The van der Waals surface area contributed by atoms with E-state index in [1.54, 1.807) is 17.1 Å². The van der Waals surface area contributed by atoms with Crippen molar-refractivity contribution in [2.75, 3.05) is 66.0 Å². The van der Waals surface area contributed by atoms with Crippen molar-refractivity contribution in [2.24, 2.45) is 0 Å². The fourth-order valence-corrected chi connectivity index (χ4v) is 5.68. The highest BCUT2D eigenvalue weighted by atomic mass is 16.2. The van der Waals surface area contributed by atoms with Crippen LogP contribution in [0.3, 0.4) is 0 Å². The summed E-state index contributed by atoms with van der Waals surface area (Å²) in [6.07, 6.45) is 7.12. The Balaban J connectivity index is 1.20. The van der Waals surface area contributed by atoms with E-state index in [0.29, 0.717) is 37.7 Å². The molecule has 1 aromatic heterocycles. The van der Waals surface area contributed by atoms with Gasteiger partial charge in [-0.25, -0.2) is 4.79 Å². The fourth-order valence-electron chi connectivity index (χ4n) is 5.68. The van der Waals surface area contributed by atoms with Gasteiger partial charge in [-0.1, -0.05) is 19.2 Å². The number of likely N-dealkylation sites (tertiary alicyclic amines) is 2. The van der Waals surface area contributed by atoms with Crippen LogP contribution in [0.2, 0.25) is 0 Å². The number of urea groups is 1. The maximum atomic E-state index is 12.7. The van der Waals surface area contributed by atoms with E-state index in [1.807, 2.05) is 11.0 Å². The second kappa shape index (κ2) is 11.9. The first-order valence-electron chi connectivity index (χ1n) is 13.1. The van der Waals surface area contributed by atoms with E-state index in [-0.39, 0.29) is 30.0 Å². The van der Waals surface area contributed by atoms with Crippen LogP contribution < -0.4 is 10.9 Å². The van der Waals surface area contributed by atoms with Crippen molar-refractivity contribution in [1.82, 2.24) is 29.9 Å². The highest BCUT2D eigenvalue weighted by Gasteiger charge is 2.29. The summed E-state index contributed by atoms with van der Waals surface area (Å²) < 4.78 is 0. The van der Waals surface area contributed by atoms with Crippen LogP contribution in [0.1, 0.15) is 48.4 Å². The van der Waals surface area contributed by atoms with E-state index in [4.69, 9.17) is 0 Å². The molecule has 3 aliphatic heterocycles. The van der Waals surface area contributed by atoms with Crippen molar-refractivity contribution in [2.45, 2.75) is 37.6 Å². The molecule has 2 N–H and O–H groups in total. The molecule has 3 amide bonds. The van der Waals surface area contributed by atoms with Gasteiger partial charge < -0.3 is 25.0 Å². The Morgan fingerprint density at radius 1 is 0.972 bits per heavy atom. The lowest BCUT2D eigenvalue weighted by Gasteiger charge is -2.42. The monoisotopic (exact) mass is 496 g/mol. The summed E-state index contributed by atoms with van der Waals surface area (Å²) >= 11 is 0. The Kier molecular flexibility index (Phi) is 8.64. The number of H-pyrrole nitrogens is 1. The number of pyridine rings is 1. The van der Waals surface area contributed by atoms with Gasteiger partial charge in [0.25, 0.3) is 5.56 Å². The average Bonchev–Trinajstić information content (AvgIpc) is 2.92. The molecule has 4 rings (SSSR count). The Hall–Kier alpha value is -2.91. The van der Waals surface area contributed by atoms with Gasteiger partial charge in [-0.3, -0.25) is 14.5 Å². The molecule has 0 atom stereocenters. The van der Waals surface area contributed by atoms with Crippen molar-refractivity contribution < 1.29 is 9.59 Å². The molecule has 9 nitrogen and oxygen atoms in total. The topological polar surface area (TPSA) is 92.0 Å². The number of carbonyl (C=O) groups excluding carboxylic acids is 2. The van der Waals surface area contributed by atoms with Gasteiger partial charge in [0.15, 0.2) is 0 Å². The number of hydrogen-bond acceptors (Lipinski definition) is 5. The standard InChI is InChI=1S/C27H40N6O3/c1-4-20-18-23(26(35)29-24(20)5-2)21-6-12-33(13-7-21)27(36)28-19-25(34)32-16-14-31(15-17-32)22-8-10-30(3)11-9-22/h4-5,18,21-22H,1-2,6-17,19H2,3H3,(H,28,36)(H,29,35). The minimum atomic E-state index is -0.213. The minimum Gasteiger partial charge on any atom is -0.339 e. The third-order valence-corrected chi connectivity index (χ3v) is 8.04. The zero-order valence-electron chi connectivity index (χ0n) is 21.5. The largest absolute Gasteiger partial charge is 0.339 e. The van der Waals surface area contributed by atoms with Crippen LogP contribution in [0, 0.1) is 0 Å². The van der Waals surface area contributed by atoms with Gasteiger partial charge in [-0.2, -0.15) is 0 Å². The van der Waals surface area contributed by atoms with Gasteiger partial charge in [-0.05, 0) is 69.4 Å². The summed E-state index contributed by atoms with van der Waals surface area (Å²) in [5.41, 5.74) is 2.14. The van der Waals surface area contributed by atoms with E-state index < -0.39 is 0 Å². The number of amides is 3. The third kappa shape index (κ3) is 6.07. The molecule has 3 aliphatic rings. The molecule has 3 fully saturated rings. The fraction of sp³-hybridized carbons (Fsp3) is 0.593. The molecule has 1 aromatic rings. The summed E-state index contributed by atoms with van der Waals surface area (Å²) in [4.78, 5) is 49.4. The van der Waals surface area contributed by atoms with Gasteiger partial charge in [0.1, 0.15) is 0 Å². The SMILES string of the molecule is C=Cc1cc(C2CCN(C(=O)NCC(=O)N3CCN(C4CCN(C)CC4)CC3)CC2)c(=O)[nH]c1C=C. The predicted octanol–water partition coefficient (Wildman–Crippen LogP) is 1.79. The molecule has 0 radical (unpaired) electrons. The maximum absolute atomic E-state index is 12.7. The molecule has 0 spiro atoms. The van der Waals surface area contributed by atoms with Gasteiger partial charge in [-0.15, -0.1) is 0 Å². The summed E-state index contributed by atoms with van der Waals surface area (Å²) in [6.45, 7) is 14.2. The summed E-state index contributed by atoms with van der Waals surface area (Å²) in [7, 11) is 2.17. The number of nitrogens with zero attached hydrogens (tertiary/aromatic N) is 4. The summed E-state index contributed by atoms with van der Waals surface area (Å²) in [5.74, 6) is 0.0601. The number of aromatic nitrogens is 1. The van der Waals surface area contributed by atoms with Gasteiger partial charge >= 0.3 is 6.03 Å². The molecule has 9 heteroatoms. The molecule has 3 saturated heterocycles. The normalized spacial score (nSPS) is 20.8. The van der Waals surface area contributed by atoms with Crippen LogP contribution in [0.15, 0.2) is 24.0 Å². The number of aromatic amines is 1. The van der Waals surface area contributed by atoms with Crippen molar-refractivity contribution in [1.29, 1.82) is 0 Å². The lowest BCUT2D eigenvalue weighted by atomic mass is 9.89. The van der Waals surface area contributed by atoms with Crippen molar-refractivity contribution in [3.63, 3.8) is 0 Å². The van der Waals surface area contributed by atoms with Crippen molar-refractivity contribution in [3.8, 4) is 0 Å². The molecule has 4 heterocycles. The number of piperidine rings is 2. The van der Waals surface area contributed by atoms with Crippen LogP contribution >= 0.6 is 0 Å². The lowest BCUT2D eigenvalue weighted by molar-refractivity contribution is -0.132. The quantitative estimate of drug-likeness (QED) is 0.627. The molecular weight excluding hydrogens is 456 g/mol. The highest BCUT2D eigenvalue weighted by Crippen LogP contribution is 2.27. The van der Waals surface area contributed by atoms with Crippen LogP contribution in [-0.2, 0) is 4.79 Å². The Bertz CT molecular complexity index is 1010. The number of piperazine rings is 1. The minimum absolute atomic E-state index is 0.0212. The van der Waals surface area contributed by atoms with Crippen molar-refractivity contribution >= 4 is 24.1 Å². The predicted molar refractivity (Wildman–Crippen MR) is 143 cm³/mol.